The Bertz CT molecular complexity index is 270. The molecule has 0 saturated heterocycles. The molecule has 1 nitrogen and oxygen atoms in total. The van der Waals surface area contributed by atoms with Gasteiger partial charge in [0.2, 0.25) is 0 Å². The van der Waals surface area contributed by atoms with Crippen LogP contribution in [0.1, 0.15) is 18.1 Å². The first-order valence-corrected chi connectivity index (χ1v) is 4.07. The van der Waals surface area contributed by atoms with Crippen LogP contribution in [-0.2, 0) is 0 Å². The molecule has 1 N–H and O–H groups in total. The van der Waals surface area contributed by atoms with Gasteiger partial charge in [-0.05, 0) is 25.0 Å². The molecule has 1 aromatic rings. The Hall–Kier alpha value is -1.08. The van der Waals surface area contributed by atoms with Crippen molar-refractivity contribution in [2.45, 2.75) is 13.8 Å². The van der Waals surface area contributed by atoms with Crippen LogP contribution >= 0.6 is 0 Å². The molecule has 0 aliphatic carbocycles. The molecule has 0 bridgehead atoms. The van der Waals surface area contributed by atoms with Crippen molar-refractivity contribution in [3.63, 3.8) is 0 Å². The highest BCUT2D eigenvalue weighted by atomic mass is 16.3. The van der Waals surface area contributed by atoms with E-state index < -0.39 is 0 Å². The highest BCUT2D eigenvalue weighted by Crippen LogP contribution is 2.07. The summed E-state index contributed by atoms with van der Waals surface area (Å²) in [6, 6.07) is 8.23. The molecule has 0 saturated carbocycles. The van der Waals surface area contributed by atoms with Gasteiger partial charge in [0.05, 0.1) is 6.61 Å². The number of rotatable bonds is 2. The predicted octanol–water partition coefficient (Wildman–Crippen LogP) is 2.39. The van der Waals surface area contributed by atoms with E-state index in [1.165, 1.54) is 5.56 Å². The molecule has 0 fully saturated rings. The molecule has 0 atom stereocenters. The van der Waals surface area contributed by atoms with E-state index in [2.05, 4.69) is 31.2 Å². The van der Waals surface area contributed by atoms with Crippen LogP contribution in [0.15, 0.2) is 29.8 Å². The van der Waals surface area contributed by atoms with Gasteiger partial charge in [-0.15, -0.1) is 0 Å². The lowest BCUT2D eigenvalue weighted by Gasteiger charge is -1.97. The second kappa shape index (κ2) is 4.07. The largest absolute Gasteiger partial charge is 0.392 e. The molecule has 1 rings (SSSR count). The lowest BCUT2D eigenvalue weighted by molar-refractivity contribution is 0.332. The van der Waals surface area contributed by atoms with E-state index in [0.717, 1.165) is 11.1 Å². The highest BCUT2D eigenvalue weighted by Gasteiger charge is 1.88. The minimum Gasteiger partial charge on any atom is -0.392 e. The molecule has 0 aliphatic heterocycles. The van der Waals surface area contributed by atoms with Crippen molar-refractivity contribution in [1.82, 2.24) is 0 Å². The van der Waals surface area contributed by atoms with E-state index in [0.29, 0.717) is 0 Å². The average Bonchev–Trinajstić information content (AvgIpc) is 2.09. The Morgan fingerprint density at radius 1 is 1.33 bits per heavy atom. The molecule has 12 heavy (non-hydrogen) atoms. The van der Waals surface area contributed by atoms with Gasteiger partial charge >= 0.3 is 0 Å². The predicted molar refractivity (Wildman–Crippen MR) is 51.9 cm³/mol. The zero-order valence-electron chi connectivity index (χ0n) is 7.54. The van der Waals surface area contributed by atoms with E-state index in [9.17, 15) is 0 Å². The molecule has 1 aromatic carbocycles. The van der Waals surface area contributed by atoms with Crippen LogP contribution < -0.4 is 0 Å². The van der Waals surface area contributed by atoms with Crippen LogP contribution in [0.2, 0.25) is 0 Å². The zero-order chi connectivity index (χ0) is 8.97. The van der Waals surface area contributed by atoms with Crippen molar-refractivity contribution in [3.8, 4) is 0 Å². The third kappa shape index (κ3) is 2.51. The summed E-state index contributed by atoms with van der Waals surface area (Å²) in [4.78, 5) is 0. The molecule has 0 amide bonds. The number of hydrogen-bond donors (Lipinski definition) is 1. The first kappa shape index (κ1) is 9.01. The lowest BCUT2D eigenvalue weighted by Crippen LogP contribution is -1.83. The van der Waals surface area contributed by atoms with Crippen LogP contribution in [-0.4, -0.2) is 11.7 Å². The quantitative estimate of drug-likeness (QED) is 0.708. The molecule has 0 heterocycles. The monoisotopic (exact) mass is 162 g/mol. The number of aliphatic hydroxyl groups is 1. The topological polar surface area (TPSA) is 20.2 Å². The Kier molecular flexibility index (Phi) is 3.06. The summed E-state index contributed by atoms with van der Waals surface area (Å²) in [5.41, 5.74) is 3.39. The fraction of sp³-hybridized carbons (Fsp3) is 0.273. The molecule has 64 valence electrons. The average molecular weight is 162 g/mol. The fourth-order valence-corrected chi connectivity index (χ4v) is 0.993. The van der Waals surface area contributed by atoms with Crippen LogP contribution in [0.3, 0.4) is 0 Å². The summed E-state index contributed by atoms with van der Waals surface area (Å²) >= 11 is 0. The second-order valence-corrected chi connectivity index (χ2v) is 3.06. The van der Waals surface area contributed by atoms with E-state index in [1.807, 2.05) is 13.0 Å². The second-order valence-electron chi connectivity index (χ2n) is 3.06. The van der Waals surface area contributed by atoms with Crippen LogP contribution in [0.25, 0.3) is 6.08 Å². The number of hydrogen-bond acceptors (Lipinski definition) is 1. The van der Waals surface area contributed by atoms with Gasteiger partial charge in [-0.1, -0.05) is 35.9 Å². The van der Waals surface area contributed by atoms with Gasteiger partial charge in [-0.3, -0.25) is 0 Å². The summed E-state index contributed by atoms with van der Waals surface area (Å²) in [7, 11) is 0. The Morgan fingerprint density at radius 2 is 1.92 bits per heavy atom. The summed E-state index contributed by atoms with van der Waals surface area (Å²) in [6.45, 7) is 4.11. The summed E-state index contributed by atoms with van der Waals surface area (Å²) in [6.07, 6.45) is 1.99. The first-order chi connectivity index (χ1) is 5.72. The Labute approximate surface area is 73.4 Å². The van der Waals surface area contributed by atoms with E-state index >= 15 is 0 Å². The van der Waals surface area contributed by atoms with Crippen molar-refractivity contribution in [2.24, 2.45) is 0 Å². The van der Waals surface area contributed by atoms with E-state index in [-0.39, 0.29) is 6.61 Å². The van der Waals surface area contributed by atoms with Crippen molar-refractivity contribution in [2.75, 3.05) is 6.61 Å². The molecule has 0 unspecified atom stereocenters. The highest BCUT2D eigenvalue weighted by molar-refractivity contribution is 5.52. The third-order valence-corrected chi connectivity index (χ3v) is 1.74. The minimum atomic E-state index is 0.133. The molecule has 1 heteroatoms. The first-order valence-electron chi connectivity index (χ1n) is 4.07. The van der Waals surface area contributed by atoms with E-state index in [4.69, 9.17) is 5.11 Å². The van der Waals surface area contributed by atoms with Gasteiger partial charge in [-0.2, -0.15) is 0 Å². The minimum absolute atomic E-state index is 0.133. The molecule has 0 aliphatic rings. The summed E-state index contributed by atoms with van der Waals surface area (Å²) < 4.78 is 0. The van der Waals surface area contributed by atoms with Crippen molar-refractivity contribution in [3.05, 3.63) is 41.0 Å². The van der Waals surface area contributed by atoms with Crippen LogP contribution in [0.5, 0.6) is 0 Å². The van der Waals surface area contributed by atoms with Gasteiger partial charge < -0.3 is 5.11 Å². The standard InChI is InChI=1S/C11H14O/c1-9-3-5-11(6-4-9)7-10(2)8-12/h3-7,12H,8H2,1-2H3/b10-7+. The van der Waals surface area contributed by atoms with Crippen LogP contribution in [0, 0.1) is 6.92 Å². The molecular formula is C11H14O. The van der Waals surface area contributed by atoms with Gasteiger partial charge in [0.25, 0.3) is 0 Å². The lowest BCUT2D eigenvalue weighted by atomic mass is 10.1. The normalized spacial score (nSPS) is 11.8. The van der Waals surface area contributed by atoms with Gasteiger partial charge in [0, 0.05) is 0 Å². The SMILES string of the molecule is C/C(=C\c1ccc(C)cc1)CO. The van der Waals surface area contributed by atoms with Gasteiger partial charge in [0.15, 0.2) is 0 Å². The van der Waals surface area contributed by atoms with Crippen molar-refractivity contribution >= 4 is 6.08 Å². The Balaban J connectivity index is 2.84. The zero-order valence-corrected chi connectivity index (χ0v) is 7.54. The fourth-order valence-electron chi connectivity index (χ4n) is 0.993. The molecule has 0 aromatic heterocycles. The number of benzene rings is 1. The molecular weight excluding hydrogens is 148 g/mol. The van der Waals surface area contributed by atoms with Crippen molar-refractivity contribution < 1.29 is 5.11 Å². The van der Waals surface area contributed by atoms with Crippen LogP contribution in [0.4, 0.5) is 0 Å². The maximum Gasteiger partial charge on any atom is 0.0642 e. The Morgan fingerprint density at radius 3 is 2.42 bits per heavy atom. The summed E-state index contributed by atoms with van der Waals surface area (Å²) in [5, 5.41) is 8.78. The number of aliphatic hydroxyl groups excluding tert-OH is 1. The molecule has 0 spiro atoms. The number of aryl methyl sites for hydroxylation is 1. The maximum absolute atomic E-state index is 8.78. The third-order valence-electron chi connectivity index (χ3n) is 1.74. The van der Waals surface area contributed by atoms with Crippen molar-refractivity contribution in [1.29, 1.82) is 0 Å². The van der Waals surface area contributed by atoms with E-state index in [1.54, 1.807) is 0 Å². The van der Waals surface area contributed by atoms with Gasteiger partial charge in [-0.25, -0.2) is 0 Å². The molecule has 0 radical (unpaired) electrons. The maximum atomic E-state index is 8.78. The smallest absolute Gasteiger partial charge is 0.0642 e. The van der Waals surface area contributed by atoms with Gasteiger partial charge in [0.1, 0.15) is 0 Å². The summed E-state index contributed by atoms with van der Waals surface area (Å²) in [5.74, 6) is 0.